The molecule has 2 saturated heterocycles. The smallest absolute Gasteiger partial charge is 0.254 e. The second kappa shape index (κ2) is 7.10. The normalized spacial score (nSPS) is 28.1. The zero-order valence-electron chi connectivity index (χ0n) is 14.9. The molecule has 0 radical (unpaired) electrons. The molecule has 3 aliphatic rings. The number of carbonyl (C=O) groups excluding carboxylic acids is 2. The van der Waals surface area contributed by atoms with Crippen molar-refractivity contribution in [3.8, 4) is 0 Å². The molecular formula is C20H28N2O2S. The van der Waals surface area contributed by atoms with E-state index in [-0.39, 0.29) is 11.3 Å². The summed E-state index contributed by atoms with van der Waals surface area (Å²) >= 11 is 1.55. The molecule has 1 saturated carbocycles. The third kappa shape index (κ3) is 3.35. The zero-order chi connectivity index (χ0) is 17.3. The third-order valence-corrected chi connectivity index (χ3v) is 7.12. The van der Waals surface area contributed by atoms with Crippen LogP contribution < -0.4 is 0 Å². The third-order valence-electron chi connectivity index (χ3n) is 6.44. The van der Waals surface area contributed by atoms with E-state index in [4.69, 9.17) is 0 Å². The predicted octanol–water partition coefficient (Wildman–Crippen LogP) is 3.78. The molecule has 2 amide bonds. The highest BCUT2D eigenvalue weighted by Crippen LogP contribution is 2.41. The molecule has 0 unspecified atom stereocenters. The lowest BCUT2D eigenvalue weighted by molar-refractivity contribution is -0.146. The zero-order valence-corrected chi connectivity index (χ0v) is 15.7. The van der Waals surface area contributed by atoms with Gasteiger partial charge in [-0.15, -0.1) is 0 Å². The lowest BCUT2D eigenvalue weighted by atomic mass is 9.77. The van der Waals surface area contributed by atoms with Crippen molar-refractivity contribution in [2.24, 2.45) is 11.3 Å². The summed E-state index contributed by atoms with van der Waals surface area (Å²) < 4.78 is 0. The van der Waals surface area contributed by atoms with Crippen LogP contribution in [0.1, 0.15) is 61.7 Å². The van der Waals surface area contributed by atoms with Crippen molar-refractivity contribution in [3.05, 3.63) is 22.4 Å². The quantitative estimate of drug-likeness (QED) is 0.823. The molecule has 3 heterocycles. The minimum atomic E-state index is -0.307. The van der Waals surface area contributed by atoms with Gasteiger partial charge < -0.3 is 9.80 Å². The fourth-order valence-electron chi connectivity index (χ4n) is 5.00. The van der Waals surface area contributed by atoms with E-state index >= 15 is 0 Å². The fourth-order valence-corrected chi connectivity index (χ4v) is 5.63. The van der Waals surface area contributed by atoms with Crippen molar-refractivity contribution in [2.75, 3.05) is 26.2 Å². The van der Waals surface area contributed by atoms with Gasteiger partial charge in [-0.2, -0.15) is 11.3 Å². The van der Waals surface area contributed by atoms with Crippen LogP contribution in [0.2, 0.25) is 0 Å². The first-order chi connectivity index (χ1) is 12.2. The van der Waals surface area contributed by atoms with Gasteiger partial charge in [0.2, 0.25) is 5.91 Å². The van der Waals surface area contributed by atoms with Crippen LogP contribution in [0.25, 0.3) is 0 Å². The number of carbonyl (C=O) groups is 2. The molecule has 1 aromatic rings. The first kappa shape index (κ1) is 17.1. The average Bonchev–Trinajstić information content (AvgIpc) is 3.31. The molecule has 5 heteroatoms. The van der Waals surface area contributed by atoms with Gasteiger partial charge in [0.15, 0.2) is 0 Å². The van der Waals surface area contributed by atoms with Crippen LogP contribution in [0.3, 0.4) is 0 Å². The van der Waals surface area contributed by atoms with Gasteiger partial charge in [-0.1, -0.05) is 19.3 Å². The first-order valence-corrected chi connectivity index (χ1v) is 10.7. The van der Waals surface area contributed by atoms with E-state index in [0.717, 1.165) is 44.5 Å². The molecular weight excluding hydrogens is 332 g/mol. The maximum absolute atomic E-state index is 13.3. The molecule has 4 nitrogen and oxygen atoms in total. The Morgan fingerprint density at radius 3 is 2.76 bits per heavy atom. The molecule has 0 N–H and O–H groups in total. The highest BCUT2D eigenvalue weighted by atomic mass is 32.1. The minimum absolute atomic E-state index is 0.0929. The van der Waals surface area contributed by atoms with Gasteiger partial charge in [-0.25, -0.2) is 0 Å². The van der Waals surface area contributed by atoms with Crippen molar-refractivity contribution in [1.82, 2.24) is 9.80 Å². The Balaban J connectivity index is 1.42. The number of amides is 2. The van der Waals surface area contributed by atoms with Crippen LogP contribution in [0.15, 0.2) is 16.8 Å². The van der Waals surface area contributed by atoms with Crippen LogP contribution in [0.5, 0.6) is 0 Å². The first-order valence-electron chi connectivity index (χ1n) is 9.79. The molecule has 25 heavy (non-hydrogen) atoms. The maximum Gasteiger partial charge on any atom is 0.254 e. The second-order valence-electron chi connectivity index (χ2n) is 8.13. The molecule has 0 aromatic carbocycles. The van der Waals surface area contributed by atoms with Gasteiger partial charge in [0.05, 0.1) is 11.0 Å². The molecule has 1 spiro atoms. The van der Waals surface area contributed by atoms with Crippen molar-refractivity contribution in [2.45, 2.75) is 51.4 Å². The summed E-state index contributed by atoms with van der Waals surface area (Å²) in [6, 6.07) is 1.88. The van der Waals surface area contributed by atoms with E-state index in [0.29, 0.717) is 18.4 Å². The van der Waals surface area contributed by atoms with Gasteiger partial charge in [0, 0.05) is 31.6 Å². The van der Waals surface area contributed by atoms with Crippen molar-refractivity contribution < 1.29 is 9.59 Å². The Hall–Kier alpha value is -1.36. The lowest BCUT2D eigenvalue weighted by Gasteiger charge is -2.41. The van der Waals surface area contributed by atoms with Crippen molar-refractivity contribution in [3.63, 3.8) is 0 Å². The van der Waals surface area contributed by atoms with Gasteiger partial charge in [0.1, 0.15) is 0 Å². The molecule has 2 aliphatic heterocycles. The number of likely N-dealkylation sites (tertiary alicyclic amines) is 2. The molecule has 4 rings (SSSR count). The Labute approximate surface area is 154 Å². The Bertz CT molecular complexity index is 624. The van der Waals surface area contributed by atoms with Crippen LogP contribution in [-0.2, 0) is 4.79 Å². The number of rotatable bonds is 3. The summed E-state index contributed by atoms with van der Waals surface area (Å²) in [6.07, 6.45) is 9.41. The van der Waals surface area contributed by atoms with Crippen LogP contribution in [0, 0.1) is 11.3 Å². The number of piperidine rings is 1. The molecule has 0 bridgehead atoms. The Morgan fingerprint density at radius 1 is 1.16 bits per heavy atom. The molecule has 136 valence electrons. The van der Waals surface area contributed by atoms with Crippen LogP contribution in [-0.4, -0.2) is 47.8 Å². The highest BCUT2D eigenvalue weighted by molar-refractivity contribution is 7.08. The summed E-state index contributed by atoms with van der Waals surface area (Å²) in [5.41, 5.74) is 0.461. The van der Waals surface area contributed by atoms with Gasteiger partial charge in [0.25, 0.3) is 5.91 Å². The average molecular weight is 361 g/mol. The SMILES string of the molecule is O=C(c1ccsc1)N1CC[C@@]2(CCCN(CC3CCCCC3)C2=O)C1. The molecule has 1 aromatic heterocycles. The molecule has 3 fully saturated rings. The fraction of sp³-hybridized carbons (Fsp3) is 0.700. The number of hydrogen-bond acceptors (Lipinski definition) is 3. The highest BCUT2D eigenvalue weighted by Gasteiger charge is 2.49. The maximum atomic E-state index is 13.3. The van der Waals surface area contributed by atoms with Gasteiger partial charge >= 0.3 is 0 Å². The lowest BCUT2D eigenvalue weighted by Crippen LogP contribution is -2.51. The van der Waals surface area contributed by atoms with E-state index in [9.17, 15) is 9.59 Å². The van der Waals surface area contributed by atoms with Crippen LogP contribution in [0.4, 0.5) is 0 Å². The molecule has 1 aliphatic carbocycles. The van der Waals surface area contributed by atoms with E-state index in [1.54, 1.807) is 11.3 Å². The van der Waals surface area contributed by atoms with Crippen molar-refractivity contribution in [1.29, 1.82) is 0 Å². The number of thiophene rings is 1. The summed E-state index contributed by atoms with van der Waals surface area (Å²) in [7, 11) is 0. The van der Waals surface area contributed by atoms with E-state index in [2.05, 4.69) is 4.90 Å². The van der Waals surface area contributed by atoms with Crippen LogP contribution >= 0.6 is 11.3 Å². The Kier molecular flexibility index (Phi) is 4.85. The van der Waals surface area contributed by atoms with E-state index in [1.165, 1.54) is 32.1 Å². The van der Waals surface area contributed by atoms with E-state index in [1.807, 2.05) is 21.7 Å². The van der Waals surface area contributed by atoms with Crippen molar-refractivity contribution >= 4 is 23.2 Å². The summed E-state index contributed by atoms with van der Waals surface area (Å²) in [6.45, 7) is 3.19. The monoisotopic (exact) mass is 360 g/mol. The largest absolute Gasteiger partial charge is 0.342 e. The van der Waals surface area contributed by atoms with Gasteiger partial charge in [-0.3, -0.25) is 9.59 Å². The van der Waals surface area contributed by atoms with E-state index < -0.39 is 0 Å². The predicted molar refractivity (Wildman–Crippen MR) is 99.7 cm³/mol. The molecule has 1 atom stereocenters. The number of nitrogens with zero attached hydrogens (tertiary/aromatic N) is 2. The Morgan fingerprint density at radius 2 is 2.00 bits per heavy atom. The second-order valence-corrected chi connectivity index (χ2v) is 8.91. The van der Waals surface area contributed by atoms with Gasteiger partial charge in [-0.05, 0) is 49.5 Å². The summed E-state index contributed by atoms with van der Waals surface area (Å²) in [5, 5.41) is 3.85. The standard InChI is InChI=1S/C20H28N2O2S/c23-18(17-7-12-25-14-17)22-11-9-20(15-22)8-4-10-21(19(20)24)13-16-5-2-1-3-6-16/h7,12,14,16H,1-6,8-11,13,15H2/t20-/m0/s1. The number of hydrogen-bond donors (Lipinski definition) is 0. The summed E-state index contributed by atoms with van der Waals surface area (Å²) in [5.74, 6) is 1.11. The minimum Gasteiger partial charge on any atom is -0.342 e. The topological polar surface area (TPSA) is 40.6 Å². The summed E-state index contributed by atoms with van der Waals surface area (Å²) in [4.78, 5) is 30.0.